The second-order valence-corrected chi connectivity index (χ2v) is 6.72. The summed E-state index contributed by atoms with van der Waals surface area (Å²) >= 11 is 5.94. The number of benzene rings is 2. The topological polar surface area (TPSA) is 62.3 Å². The summed E-state index contributed by atoms with van der Waals surface area (Å²) in [5.41, 5.74) is 0.540. The molecule has 0 spiro atoms. The van der Waals surface area contributed by atoms with E-state index in [1.165, 1.54) is 37.4 Å². The highest BCUT2D eigenvalue weighted by Crippen LogP contribution is 2.29. The van der Waals surface area contributed by atoms with E-state index < -0.39 is 29.3 Å². The summed E-state index contributed by atoms with van der Waals surface area (Å²) in [6.45, 7) is 1.20. The first-order chi connectivity index (χ1) is 14.2. The van der Waals surface area contributed by atoms with Gasteiger partial charge in [-0.2, -0.15) is 0 Å². The van der Waals surface area contributed by atoms with Crippen LogP contribution in [0.25, 0.3) is 0 Å². The van der Waals surface area contributed by atoms with E-state index in [0.717, 1.165) is 23.1 Å². The number of nitrogens with zero attached hydrogens (tertiary/aromatic N) is 2. The standard InChI is InChI=1S/C21H15ClF3N3O2/c1-12(29)28(19-5-4-15(24)10-18(19)25)20-11-16(6-7-26-20)27-21(30)8-13-2-3-14(23)9-17(13)22/h2-7,9-11H,8H2,1H3,(H,26,27,30). The molecule has 9 heteroatoms. The molecule has 2 aromatic carbocycles. The fraction of sp³-hybridized carbons (Fsp3) is 0.0952. The Morgan fingerprint density at radius 3 is 2.40 bits per heavy atom. The number of aromatic nitrogens is 1. The molecule has 0 bridgehead atoms. The summed E-state index contributed by atoms with van der Waals surface area (Å²) in [6.07, 6.45) is 1.22. The van der Waals surface area contributed by atoms with E-state index in [9.17, 15) is 22.8 Å². The molecule has 3 aromatic rings. The number of anilines is 3. The molecule has 0 saturated carbocycles. The van der Waals surface area contributed by atoms with Crippen LogP contribution in [0.1, 0.15) is 12.5 Å². The van der Waals surface area contributed by atoms with Gasteiger partial charge in [0.25, 0.3) is 0 Å². The molecular formula is C21H15ClF3N3O2. The maximum Gasteiger partial charge on any atom is 0.229 e. The van der Waals surface area contributed by atoms with Crippen molar-refractivity contribution in [1.82, 2.24) is 4.98 Å². The molecule has 5 nitrogen and oxygen atoms in total. The summed E-state index contributed by atoms with van der Waals surface area (Å²) in [7, 11) is 0. The van der Waals surface area contributed by atoms with Crippen LogP contribution in [0.2, 0.25) is 5.02 Å². The van der Waals surface area contributed by atoms with Crippen LogP contribution in [0, 0.1) is 17.5 Å². The van der Waals surface area contributed by atoms with Crippen molar-refractivity contribution in [3.63, 3.8) is 0 Å². The van der Waals surface area contributed by atoms with E-state index in [1.54, 1.807) is 0 Å². The van der Waals surface area contributed by atoms with Crippen LogP contribution in [0.3, 0.4) is 0 Å². The number of carbonyl (C=O) groups excluding carboxylic acids is 2. The third-order valence-electron chi connectivity index (χ3n) is 4.09. The number of pyridine rings is 1. The van der Waals surface area contributed by atoms with Gasteiger partial charge in [0.1, 0.15) is 23.3 Å². The van der Waals surface area contributed by atoms with Crippen molar-refractivity contribution in [2.75, 3.05) is 10.2 Å². The molecule has 0 fully saturated rings. The van der Waals surface area contributed by atoms with E-state index in [-0.39, 0.29) is 28.6 Å². The zero-order valence-corrected chi connectivity index (χ0v) is 16.4. The van der Waals surface area contributed by atoms with E-state index in [1.807, 2.05) is 0 Å². The van der Waals surface area contributed by atoms with Crippen molar-refractivity contribution in [2.24, 2.45) is 0 Å². The SMILES string of the molecule is CC(=O)N(c1cc(NC(=O)Cc2ccc(F)cc2Cl)ccn1)c1ccc(F)cc1F. The van der Waals surface area contributed by atoms with Gasteiger partial charge in [-0.25, -0.2) is 18.2 Å². The van der Waals surface area contributed by atoms with Crippen molar-refractivity contribution in [2.45, 2.75) is 13.3 Å². The van der Waals surface area contributed by atoms with Gasteiger partial charge in [0.15, 0.2) is 0 Å². The lowest BCUT2D eigenvalue weighted by atomic mass is 10.1. The lowest BCUT2D eigenvalue weighted by Gasteiger charge is -2.21. The number of amides is 2. The van der Waals surface area contributed by atoms with Crippen molar-refractivity contribution in [1.29, 1.82) is 0 Å². The summed E-state index contributed by atoms with van der Waals surface area (Å²) in [5, 5.41) is 2.74. The summed E-state index contributed by atoms with van der Waals surface area (Å²) in [6, 6.07) is 9.36. The van der Waals surface area contributed by atoms with Crippen LogP contribution in [0.5, 0.6) is 0 Å². The molecule has 30 heavy (non-hydrogen) atoms. The second kappa shape index (κ2) is 8.96. The Morgan fingerprint density at radius 1 is 1.03 bits per heavy atom. The molecule has 1 aromatic heterocycles. The smallest absolute Gasteiger partial charge is 0.229 e. The minimum absolute atomic E-state index is 0.0330. The van der Waals surface area contributed by atoms with Gasteiger partial charge < -0.3 is 5.32 Å². The molecule has 1 heterocycles. The lowest BCUT2D eigenvalue weighted by Crippen LogP contribution is -2.25. The monoisotopic (exact) mass is 433 g/mol. The molecule has 0 saturated heterocycles. The van der Waals surface area contributed by atoms with Crippen molar-refractivity contribution < 1.29 is 22.8 Å². The first-order valence-corrected chi connectivity index (χ1v) is 9.08. The lowest BCUT2D eigenvalue weighted by molar-refractivity contribution is -0.116. The van der Waals surface area contributed by atoms with Crippen LogP contribution < -0.4 is 10.2 Å². The largest absolute Gasteiger partial charge is 0.326 e. The Bertz CT molecular complexity index is 1120. The molecule has 0 unspecified atom stereocenters. The highest BCUT2D eigenvalue weighted by molar-refractivity contribution is 6.31. The summed E-state index contributed by atoms with van der Waals surface area (Å²) in [5.74, 6) is -3.20. The van der Waals surface area contributed by atoms with Crippen LogP contribution in [-0.4, -0.2) is 16.8 Å². The van der Waals surface area contributed by atoms with Gasteiger partial charge in [0.05, 0.1) is 12.1 Å². The number of halogens is 4. The number of hydrogen-bond donors (Lipinski definition) is 1. The molecule has 3 rings (SSSR count). The minimum atomic E-state index is -0.938. The number of carbonyl (C=O) groups is 2. The number of nitrogens with one attached hydrogen (secondary N) is 1. The predicted octanol–water partition coefficient (Wildman–Crippen LogP) is 5.02. The molecular weight excluding hydrogens is 419 g/mol. The van der Waals surface area contributed by atoms with Gasteiger partial charge >= 0.3 is 0 Å². The van der Waals surface area contributed by atoms with E-state index >= 15 is 0 Å². The van der Waals surface area contributed by atoms with Gasteiger partial charge in [0.2, 0.25) is 11.8 Å². The van der Waals surface area contributed by atoms with Crippen LogP contribution in [0.4, 0.5) is 30.4 Å². The van der Waals surface area contributed by atoms with Gasteiger partial charge in [0, 0.05) is 36.0 Å². The van der Waals surface area contributed by atoms with Crippen molar-refractivity contribution in [3.8, 4) is 0 Å². The average Bonchev–Trinajstić information content (AvgIpc) is 2.66. The molecule has 0 aliphatic rings. The normalized spacial score (nSPS) is 10.6. The molecule has 1 N–H and O–H groups in total. The summed E-state index contributed by atoms with van der Waals surface area (Å²) < 4.78 is 40.5. The molecule has 0 radical (unpaired) electrons. The van der Waals surface area contributed by atoms with Crippen molar-refractivity contribution >= 4 is 40.6 Å². The zero-order valence-electron chi connectivity index (χ0n) is 15.6. The maximum atomic E-state index is 14.2. The molecule has 154 valence electrons. The first kappa shape index (κ1) is 21.3. The Morgan fingerprint density at radius 2 is 1.73 bits per heavy atom. The van der Waals surface area contributed by atoms with Gasteiger partial charge in [-0.05, 0) is 35.9 Å². The van der Waals surface area contributed by atoms with E-state index in [4.69, 9.17) is 11.6 Å². The van der Waals surface area contributed by atoms with Gasteiger partial charge in [-0.15, -0.1) is 0 Å². The quantitative estimate of drug-likeness (QED) is 0.614. The minimum Gasteiger partial charge on any atom is -0.326 e. The maximum absolute atomic E-state index is 14.2. The molecule has 2 amide bonds. The second-order valence-electron chi connectivity index (χ2n) is 6.31. The van der Waals surface area contributed by atoms with Crippen LogP contribution >= 0.6 is 11.6 Å². The van der Waals surface area contributed by atoms with Gasteiger partial charge in [-0.1, -0.05) is 17.7 Å². The highest BCUT2D eigenvalue weighted by Gasteiger charge is 2.20. The fourth-order valence-corrected chi connectivity index (χ4v) is 3.01. The number of hydrogen-bond acceptors (Lipinski definition) is 3. The average molecular weight is 434 g/mol. The third-order valence-corrected chi connectivity index (χ3v) is 4.44. The Balaban J connectivity index is 1.83. The van der Waals surface area contributed by atoms with Gasteiger partial charge in [-0.3, -0.25) is 14.5 Å². The fourth-order valence-electron chi connectivity index (χ4n) is 2.78. The molecule has 0 aliphatic carbocycles. The summed E-state index contributed by atoms with van der Waals surface area (Å²) in [4.78, 5) is 29.5. The Labute approximate surface area is 175 Å². The van der Waals surface area contributed by atoms with E-state index in [2.05, 4.69) is 10.3 Å². The number of rotatable bonds is 5. The van der Waals surface area contributed by atoms with E-state index in [0.29, 0.717) is 11.6 Å². The predicted molar refractivity (Wildman–Crippen MR) is 107 cm³/mol. The van der Waals surface area contributed by atoms with Crippen LogP contribution in [0.15, 0.2) is 54.7 Å². The Kier molecular flexibility index (Phi) is 6.37. The van der Waals surface area contributed by atoms with Crippen LogP contribution in [-0.2, 0) is 16.0 Å². The van der Waals surface area contributed by atoms with Crippen molar-refractivity contribution in [3.05, 3.63) is 82.8 Å². The highest BCUT2D eigenvalue weighted by atomic mass is 35.5. The molecule has 0 atom stereocenters. The zero-order chi connectivity index (χ0) is 21.8. The first-order valence-electron chi connectivity index (χ1n) is 8.70. The third kappa shape index (κ3) is 4.96. The Hall–Kier alpha value is -3.39. The molecule has 0 aliphatic heterocycles.